The first-order valence-corrected chi connectivity index (χ1v) is 9.18. The first kappa shape index (κ1) is 19.2. The number of rotatable bonds is 6. The molecule has 6 nitrogen and oxygen atoms in total. The Morgan fingerprint density at radius 2 is 1.85 bits per heavy atom. The normalized spacial score (nSPS) is 17.1. The predicted molar refractivity (Wildman–Crippen MR) is 101 cm³/mol. The van der Waals surface area contributed by atoms with E-state index in [4.69, 9.17) is 21.2 Å². The average Bonchev–Trinajstić information content (AvgIpc) is 2.69. The van der Waals surface area contributed by atoms with E-state index in [0.717, 1.165) is 5.56 Å². The maximum atomic E-state index is 12.7. The largest absolute Gasteiger partial charge is 0.425 e. The highest BCUT2D eigenvalue weighted by Gasteiger charge is 2.38. The lowest BCUT2D eigenvalue weighted by Gasteiger charge is -2.38. The molecular formula is C20H21ClN2O4. The minimum Gasteiger partial charge on any atom is -0.425 e. The Bertz CT molecular complexity index is 782. The number of carbonyl (C=O) groups excluding carboxylic acids is 2. The van der Waals surface area contributed by atoms with Crippen molar-refractivity contribution in [3.05, 3.63) is 65.2 Å². The summed E-state index contributed by atoms with van der Waals surface area (Å²) < 4.78 is 5.40. The molecule has 0 spiro atoms. The Balaban J connectivity index is 1.61. The van der Waals surface area contributed by atoms with E-state index in [2.05, 4.69) is 0 Å². The fraction of sp³-hybridized carbons (Fsp3) is 0.300. The number of nitrogens with zero attached hydrogens (tertiary/aromatic N) is 2. The van der Waals surface area contributed by atoms with E-state index in [-0.39, 0.29) is 6.03 Å². The first-order chi connectivity index (χ1) is 13.1. The second-order valence-corrected chi connectivity index (χ2v) is 6.55. The van der Waals surface area contributed by atoms with Crippen LogP contribution in [-0.2, 0) is 16.2 Å². The number of likely N-dealkylation sites (N-methyl/N-ethyl adjacent to an activating group) is 1. The third kappa shape index (κ3) is 4.78. The van der Waals surface area contributed by atoms with Crippen LogP contribution in [0.15, 0.2) is 54.6 Å². The van der Waals surface area contributed by atoms with E-state index in [1.807, 2.05) is 37.3 Å². The second-order valence-electron chi connectivity index (χ2n) is 6.11. The molecule has 2 amide bonds. The number of urea groups is 1. The van der Waals surface area contributed by atoms with Crippen molar-refractivity contribution in [2.24, 2.45) is 0 Å². The van der Waals surface area contributed by atoms with Crippen LogP contribution < -0.4 is 4.74 Å². The van der Waals surface area contributed by atoms with E-state index < -0.39 is 12.0 Å². The molecule has 1 atom stereocenters. The molecule has 1 heterocycles. The van der Waals surface area contributed by atoms with Crippen LogP contribution in [0, 0.1) is 0 Å². The van der Waals surface area contributed by atoms with Crippen LogP contribution in [0.4, 0.5) is 4.79 Å². The number of halogens is 1. The third-order valence-corrected chi connectivity index (χ3v) is 4.57. The number of benzene rings is 2. The molecule has 2 aromatic rings. The molecule has 7 heteroatoms. The monoisotopic (exact) mass is 388 g/mol. The highest BCUT2D eigenvalue weighted by Crippen LogP contribution is 2.21. The molecule has 1 aliphatic heterocycles. The minimum absolute atomic E-state index is 0.296. The summed E-state index contributed by atoms with van der Waals surface area (Å²) in [5.41, 5.74) is 0.970. The topological polar surface area (TPSA) is 59.1 Å². The van der Waals surface area contributed by atoms with Gasteiger partial charge in [-0.1, -0.05) is 41.9 Å². The molecule has 0 N–H and O–H groups in total. The number of ether oxygens (including phenoxy) is 1. The molecule has 0 aromatic heterocycles. The van der Waals surface area contributed by atoms with E-state index in [1.54, 1.807) is 24.3 Å². The van der Waals surface area contributed by atoms with Crippen molar-refractivity contribution >= 4 is 23.6 Å². The molecule has 3 rings (SSSR count). The van der Waals surface area contributed by atoms with E-state index in [9.17, 15) is 9.59 Å². The number of esters is 1. The predicted octanol–water partition coefficient (Wildman–Crippen LogP) is 3.89. The lowest BCUT2D eigenvalue weighted by molar-refractivity contribution is -0.162. The van der Waals surface area contributed by atoms with Crippen LogP contribution in [0.25, 0.3) is 0 Å². The van der Waals surface area contributed by atoms with Gasteiger partial charge in [-0.25, -0.2) is 14.7 Å². The Kier molecular flexibility index (Phi) is 6.32. The zero-order valence-corrected chi connectivity index (χ0v) is 15.8. The van der Waals surface area contributed by atoms with Crippen molar-refractivity contribution in [1.82, 2.24) is 9.96 Å². The molecule has 2 aromatic carbocycles. The van der Waals surface area contributed by atoms with E-state index in [0.29, 0.717) is 36.9 Å². The van der Waals surface area contributed by atoms with Crippen molar-refractivity contribution in [3.8, 4) is 5.75 Å². The summed E-state index contributed by atoms with van der Waals surface area (Å²) in [6.45, 7) is 2.82. The van der Waals surface area contributed by atoms with Gasteiger partial charge in [0, 0.05) is 11.6 Å². The van der Waals surface area contributed by atoms with Crippen LogP contribution in [0.5, 0.6) is 5.75 Å². The molecule has 0 unspecified atom stereocenters. The zero-order chi connectivity index (χ0) is 19.2. The summed E-state index contributed by atoms with van der Waals surface area (Å²) in [7, 11) is 0. The van der Waals surface area contributed by atoms with Gasteiger partial charge in [-0.05, 0) is 43.2 Å². The summed E-state index contributed by atoms with van der Waals surface area (Å²) in [4.78, 5) is 32.3. The molecule has 142 valence electrons. The molecule has 1 aliphatic rings. The Hall–Kier alpha value is -2.57. The van der Waals surface area contributed by atoms with E-state index >= 15 is 0 Å². The van der Waals surface area contributed by atoms with Crippen molar-refractivity contribution in [2.45, 2.75) is 26.0 Å². The van der Waals surface area contributed by atoms with Gasteiger partial charge in [-0.15, -0.1) is 0 Å². The Morgan fingerprint density at radius 3 is 2.52 bits per heavy atom. The van der Waals surface area contributed by atoms with Crippen LogP contribution in [0.3, 0.4) is 0 Å². The van der Waals surface area contributed by atoms with Gasteiger partial charge in [-0.2, -0.15) is 0 Å². The number of amides is 2. The number of hydroxylamine groups is 2. The molecule has 0 saturated carbocycles. The SMILES string of the molecule is CCN1C(=O)N(OCc2ccccc2)CC[C@H]1C(=O)Oc1ccc(Cl)cc1. The number of hydrogen-bond acceptors (Lipinski definition) is 4. The molecule has 0 radical (unpaired) electrons. The van der Waals surface area contributed by atoms with Crippen LogP contribution in [-0.4, -0.2) is 41.1 Å². The maximum absolute atomic E-state index is 12.7. The summed E-state index contributed by atoms with van der Waals surface area (Å²) in [6.07, 6.45) is 0.431. The van der Waals surface area contributed by atoms with Crippen LogP contribution >= 0.6 is 11.6 Å². The lowest BCUT2D eigenvalue weighted by Crippen LogP contribution is -2.57. The number of carbonyl (C=O) groups is 2. The fourth-order valence-corrected chi connectivity index (χ4v) is 3.03. The quantitative estimate of drug-likeness (QED) is 0.556. The van der Waals surface area contributed by atoms with Crippen molar-refractivity contribution in [2.75, 3.05) is 13.1 Å². The third-order valence-electron chi connectivity index (χ3n) is 4.32. The Labute approximate surface area is 163 Å². The van der Waals surface area contributed by atoms with Crippen LogP contribution in [0.2, 0.25) is 5.02 Å². The van der Waals surface area contributed by atoms with Gasteiger partial charge in [0.2, 0.25) is 0 Å². The fourth-order valence-electron chi connectivity index (χ4n) is 2.90. The van der Waals surface area contributed by atoms with Gasteiger partial charge >= 0.3 is 12.0 Å². The number of hydrogen-bond donors (Lipinski definition) is 0. The standard InChI is InChI=1S/C20H21ClN2O4/c1-2-22-18(19(24)27-17-10-8-16(21)9-11-17)12-13-23(20(22)25)26-14-15-6-4-3-5-7-15/h3-11,18H,2,12-14H2,1H3/t18-/m0/s1. The summed E-state index contributed by atoms with van der Waals surface area (Å²) >= 11 is 5.84. The van der Waals surface area contributed by atoms with Gasteiger partial charge < -0.3 is 9.64 Å². The second kappa shape index (κ2) is 8.88. The van der Waals surface area contributed by atoms with Gasteiger partial charge in [0.15, 0.2) is 0 Å². The average molecular weight is 389 g/mol. The van der Waals surface area contributed by atoms with Gasteiger partial charge in [-0.3, -0.25) is 4.84 Å². The highest BCUT2D eigenvalue weighted by molar-refractivity contribution is 6.30. The molecule has 27 heavy (non-hydrogen) atoms. The smallest absolute Gasteiger partial charge is 0.344 e. The van der Waals surface area contributed by atoms with Crippen molar-refractivity contribution in [1.29, 1.82) is 0 Å². The maximum Gasteiger partial charge on any atom is 0.344 e. The molecule has 0 bridgehead atoms. The van der Waals surface area contributed by atoms with Crippen LogP contribution in [0.1, 0.15) is 18.9 Å². The van der Waals surface area contributed by atoms with Gasteiger partial charge in [0.05, 0.1) is 6.54 Å². The van der Waals surface area contributed by atoms with E-state index in [1.165, 1.54) is 9.96 Å². The highest BCUT2D eigenvalue weighted by atomic mass is 35.5. The molecule has 0 aliphatic carbocycles. The zero-order valence-electron chi connectivity index (χ0n) is 15.0. The Morgan fingerprint density at radius 1 is 1.15 bits per heavy atom. The molecule has 1 fully saturated rings. The lowest BCUT2D eigenvalue weighted by atomic mass is 10.1. The van der Waals surface area contributed by atoms with Crippen molar-refractivity contribution < 1.29 is 19.2 Å². The summed E-state index contributed by atoms with van der Waals surface area (Å²) in [5, 5.41) is 1.87. The summed E-state index contributed by atoms with van der Waals surface area (Å²) in [5.74, 6) is -0.0640. The molecule has 1 saturated heterocycles. The van der Waals surface area contributed by atoms with Crippen molar-refractivity contribution in [3.63, 3.8) is 0 Å². The van der Waals surface area contributed by atoms with Gasteiger partial charge in [0.1, 0.15) is 18.4 Å². The molecular weight excluding hydrogens is 368 g/mol. The minimum atomic E-state index is -0.644. The first-order valence-electron chi connectivity index (χ1n) is 8.80. The summed E-state index contributed by atoms with van der Waals surface area (Å²) in [6, 6.07) is 15.2. The van der Waals surface area contributed by atoms with Gasteiger partial charge in [0.25, 0.3) is 0 Å².